The van der Waals surface area contributed by atoms with Gasteiger partial charge in [0.1, 0.15) is 0 Å². The molecule has 80 valence electrons. The van der Waals surface area contributed by atoms with Crippen LogP contribution in [0.2, 0.25) is 5.02 Å². The summed E-state index contributed by atoms with van der Waals surface area (Å²) in [6.45, 7) is 2.00. The van der Waals surface area contributed by atoms with Gasteiger partial charge in [-0.05, 0) is 36.2 Å². The summed E-state index contributed by atoms with van der Waals surface area (Å²) in [4.78, 5) is 4.43. The standard InChI is InChI=1S/C14H12ClN/c1-11-9-13(15)7-8-14(11)16-10-12-5-3-2-4-6-12/h2-10H,1H3. The lowest BCUT2D eigenvalue weighted by Gasteiger charge is -1.99. The SMILES string of the molecule is Cc1cc(Cl)ccc1N=Cc1ccccc1. The van der Waals surface area contributed by atoms with Crippen molar-refractivity contribution in [2.75, 3.05) is 0 Å². The number of hydrogen-bond donors (Lipinski definition) is 0. The minimum atomic E-state index is 0.746. The zero-order valence-corrected chi connectivity index (χ0v) is 9.78. The molecule has 0 saturated carbocycles. The Morgan fingerprint density at radius 2 is 1.81 bits per heavy atom. The van der Waals surface area contributed by atoms with Gasteiger partial charge < -0.3 is 0 Å². The third kappa shape index (κ3) is 2.71. The molecule has 16 heavy (non-hydrogen) atoms. The third-order valence-corrected chi connectivity index (χ3v) is 2.55. The van der Waals surface area contributed by atoms with Crippen LogP contribution in [0.15, 0.2) is 53.5 Å². The fraction of sp³-hybridized carbons (Fsp3) is 0.0714. The summed E-state index contributed by atoms with van der Waals surface area (Å²) in [5.41, 5.74) is 3.13. The number of hydrogen-bond acceptors (Lipinski definition) is 1. The molecule has 0 aromatic heterocycles. The maximum Gasteiger partial charge on any atom is 0.0660 e. The van der Waals surface area contributed by atoms with E-state index in [1.807, 2.05) is 61.7 Å². The minimum absolute atomic E-state index is 0.746. The van der Waals surface area contributed by atoms with Gasteiger partial charge in [0, 0.05) is 11.2 Å². The Labute approximate surface area is 100 Å². The molecule has 0 aliphatic heterocycles. The van der Waals surface area contributed by atoms with E-state index in [1.165, 1.54) is 0 Å². The normalized spacial score (nSPS) is 10.9. The first-order valence-electron chi connectivity index (χ1n) is 5.11. The first kappa shape index (κ1) is 10.9. The molecule has 0 bridgehead atoms. The number of aryl methyl sites for hydroxylation is 1. The summed E-state index contributed by atoms with van der Waals surface area (Å²) < 4.78 is 0. The molecule has 0 saturated heterocycles. The van der Waals surface area contributed by atoms with E-state index in [-0.39, 0.29) is 0 Å². The van der Waals surface area contributed by atoms with Crippen LogP contribution < -0.4 is 0 Å². The van der Waals surface area contributed by atoms with E-state index >= 15 is 0 Å². The number of rotatable bonds is 2. The van der Waals surface area contributed by atoms with Gasteiger partial charge in [-0.15, -0.1) is 0 Å². The van der Waals surface area contributed by atoms with Crippen LogP contribution in [0.3, 0.4) is 0 Å². The molecule has 2 aromatic carbocycles. The first-order valence-corrected chi connectivity index (χ1v) is 5.49. The van der Waals surface area contributed by atoms with Crippen molar-refractivity contribution in [3.05, 3.63) is 64.7 Å². The molecule has 2 rings (SSSR count). The van der Waals surface area contributed by atoms with Gasteiger partial charge in [0.2, 0.25) is 0 Å². The topological polar surface area (TPSA) is 12.4 Å². The van der Waals surface area contributed by atoms with E-state index in [0.717, 1.165) is 21.8 Å². The maximum absolute atomic E-state index is 5.88. The molecule has 0 atom stereocenters. The molecule has 0 fully saturated rings. The summed E-state index contributed by atoms with van der Waals surface area (Å²) in [6, 6.07) is 15.7. The highest BCUT2D eigenvalue weighted by Gasteiger charge is 1.95. The van der Waals surface area contributed by atoms with E-state index in [9.17, 15) is 0 Å². The molecule has 0 aliphatic carbocycles. The zero-order chi connectivity index (χ0) is 11.4. The predicted octanol–water partition coefficient (Wildman–Crippen LogP) is 4.40. The van der Waals surface area contributed by atoms with Crippen molar-refractivity contribution in [3.8, 4) is 0 Å². The van der Waals surface area contributed by atoms with Crippen molar-refractivity contribution >= 4 is 23.5 Å². The van der Waals surface area contributed by atoms with E-state index in [1.54, 1.807) is 0 Å². The summed E-state index contributed by atoms with van der Waals surface area (Å²) in [7, 11) is 0. The van der Waals surface area contributed by atoms with Crippen LogP contribution >= 0.6 is 11.6 Å². The summed E-state index contributed by atoms with van der Waals surface area (Å²) in [5.74, 6) is 0. The highest BCUT2D eigenvalue weighted by Crippen LogP contribution is 2.22. The Kier molecular flexibility index (Phi) is 3.37. The molecule has 0 aliphatic rings. The van der Waals surface area contributed by atoms with E-state index in [4.69, 9.17) is 11.6 Å². The van der Waals surface area contributed by atoms with Crippen LogP contribution in [0.1, 0.15) is 11.1 Å². The Hall–Kier alpha value is -1.60. The van der Waals surface area contributed by atoms with Gasteiger partial charge in [-0.3, -0.25) is 4.99 Å². The molecule has 0 heterocycles. The van der Waals surface area contributed by atoms with Gasteiger partial charge in [0.25, 0.3) is 0 Å². The highest BCUT2D eigenvalue weighted by atomic mass is 35.5. The van der Waals surface area contributed by atoms with Crippen molar-refractivity contribution in [1.29, 1.82) is 0 Å². The average Bonchev–Trinajstić information content (AvgIpc) is 2.29. The first-order chi connectivity index (χ1) is 7.75. The van der Waals surface area contributed by atoms with Crippen molar-refractivity contribution in [3.63, 3.8) is 0 Å². The van der Waals surface area contributed by atoms with Gasteiger partial charge in [-0.25, -0.2) is 0 Å². The molecule has 2 heteroatoms. The molecular formula is C14H12ClN. The van der Waals surface area contributed by atoms with Crippen LogP contribution in [0, 0.1) is 6.92 Å². The van der Waals surface area contributed by atoms with E-state index < -0.39 is 0 Å². The Bertz CT molecular complexity index is 503. The molecule has 1 nitrogen and oxygen atoms in total. The molecule has 0 unspecified atom stereocenters. The maximum atomic E-state index is 5.88. The molecule has 0 amide bonds. The predicted molar refractivity (Wildman–Crippen MR) is 69.9 cm³/mol. The van der Waals surface area contributed by atoms with Crippen molar-refractivity contribution in [2.24, 2.45) is 4.99 Å². The van der Waals surface area contributed by atoms with E-state index in [0.29, 0.717) is 0 Å². The lowest BCUT2D eigenvalue weighted by atomic mass is 10.2. The van der Waals surface area contributed by atoms with Crippen molar-refractivity contribution in [2.45, 2.75) is 6.92 Å². The molecule has 2 aromatic rings. The second kappa shape index (κ2) is 4.95. The largest absolute Gasteiger partial charge is 0.256 e. The molecule has 0 spiro atoms. The fourth-order valence-corrected chi connectivity index (χ4v) is 1.67. The van der Waals surface area contributed by atoms with Gasteiger partial charge in [0.05, 0.1) is 5.69 Å². The van der Waals surface area contributed by atoms with Gasteiger partial charge >= 0.3 is 0 Å². The lowest BCUT2D eigenvalue weighted by Crippen LogP contribution is -1.80. The summed E-state index contributed by atoms with van der Waals surface area (Å²) in [6.07, 6.45) is 1.86. The van der Waals surface area contributed by atoms with Crippen molar-refractivity contribution in [1.82, 2.24) is 0 Å². The van der Waals surface area contributed by atoms with Crippen LogP contribution in [0.5, 0.6) is 0 Å². The van der Waals surface area contributed by atoms with Crippen LogP contribution in [-0.4, -0.2) is 6.21 Å². The number of nitrogens with zero attached hydrogens (tertiary/aromatic N) is 1. The van der Waals surface area contributed by atoms with Gasteiger partial charge in [0.15, 0.2) is 0 Å². The Balaban J connectivity index is 2.24. The van der Waals surface area contributed by atoms with Gasteiger partial charge in [-0.2, -0.15) is 0 Å². The highest BCUT2D eigenvalue weighted by molar-refractivity contribution is 6.30. The van der Waals surface area contributed by atoms with Gasteiger partial charge in [-0.1, -0.05) is 41.9 Å². The number of benzene rings is 2. The Morgan fingerprint density at radius 3 is 2.50 bits per heavy atom. The Morgan fingerprint density at radius 1 is 1.06 bits per heavy atom. The van der Waals surface area contributed by atoms with Crippen LogP contribution in [-0.2, 0) is 0 Å². The zero-order valence-electron chi connectivity index (χ0n) is 9.02. The molecule has 0 N–H and O–H groups in total. The fourth-order valence-electron chi connectivity index (χ4n) is 1.45. The average molecular weight is 230 g/mol. The smallest absolute Gasteiger partial charge is 0.0660 e. The monoisotopic (exact) mass is 229 g/mol. The summed E-state index contributed by atoms with van der Waals surface area (Å²) in [5, 5.41) is 0.746. The second-order valence-corrected chi connectivity index (χ2v) is 4.04. The number of halogens is 1. The van der Waals surface area contributed by atoms with Crippen LogP contribution in [0.4, 0.5) is 5.69 Å². The molecule has 0 radical (unpaired) electrons. The second-order valence-electron chi connectivity index (χ2n) is 3.60. The van der Waals surface area contributed by atoms with Crippen molar-refractivity contribution < 1.29 is 0 Å². The quantitative estimate of drug-likeness (QED) is 0.677. The van der Waals surface area contributed by atoms with E-state index in [2.05, 4.69) is 4.99 Å². The minimum Gasteiger partial charge on any atom is -0.256 e. The third-order valence-electron chi connectivity index (χ3n) is 2.31. The number of aliphatic imine (C=N–C) groups is 1. The molecular weight excluding hydrogens is 218 g/mol. The lowest BCUT2D eigenvalue weighted by molar-refractivity contribution is 1.40. The summed E-state index contributed by atoms with van der Waals surface area (Å²) >= 11 is 5.88. The van der Waals surface area contributed by atoms with Crippen LogP contribution in [0.25, 0.3) is 0 Å².